The summed E-state index contributed by atoms with van der Waals surface area (Å²) in [6.07, 6.45) is 5.28. The van der Waals surface area contributed by atoms with Crippen LogP contribution in [0.3, 0.4) is 0 Å². The molecule has 0 amide bonds. The second-order valence-electron chi connectivity index (χ2n) is 7.06. The maximum absolute atomic E-state index is 11.0. The average molecular weight is 288 g/mol. The van der Waals surface area contributed by atoms with Gasteiger partial charge in [0.15, 0.2) is 0 Å². The van der Waals surface area contributed by atoms with E-state index in [1.807, 2.05) is 0 Å². The van der Waals surface area contributed by atoms with Gasteiger partial charge in [0.25, 0.3) is 0 Å². The van der Waals surface area contributed by atoms with Crippen molar-refractivity contribution in [2.75, 3.05) is 6.61 Å². The first-order valence-electron chi connectivity index (χ1n) is 8.53. The first-order chi connectivity index (χ1) is 10.2. The Morgan fingerprint density at radius 2 is 2.10 bits per heavy atom. The topological polar surface area (TPSA) is 29.5 Å². The van der Waals surface area contributed by atoms with E-state index in [1.165, 1.54) is 18.4 Å². The first kappa shape index (κ1) is 15.1. The fourth-order valence-electron chi connectivity index (χ4n) is 4.35. The van der Waals surface area contributed by atoms with Crippen molar-refractivity contribution in [1.29, 1.82) is 0 Å². The molecule has 0 bridgehead atoms. The lowest BCUT2D eigenvalue weighted by Gasteiger charge is -2.43. The van der Waals surface area contributed by atoms with E-state index < -0.39 is 0 Å². The minimum atomic E-state index is -0.314. The summed E-state index contributed by atoms with van der Waals surface area (Å²) in [7, 11) is 0. The number of benzene rings is 1. The largest absolute Gasteiger partial charge is 0.390 e. The van der Waals surface area contributed by atoms with Crippen LogP contribution in [0.15, 0.2) is 30.3 Å². The van der Waals surface area contributed by atoms with Crippen LogP contribution in [0.25, 0.3) is 0 Å². The van der Waals surface area contributed by atoms with Crippen molar-refractivity contribution in [1.82, 2.24) is 0 Å². The van der Waals surface area contributed by atoms with Crippen molar-refractivity contribution in [3.8, 4) is 0 Å². The molecule has 0 saturated heterocycles. The number of hydrogen-bond donors (Lipinski definition) is 1. The van der Waals surface area contributed by atoms with Crippen LogP contribution >= 0.6 is 0 Å². The molecule has 2 nitrogen and oxygen atoms in total. The molecule has 1 aromatic carbocycles. The van der Waals surface area contributed by atoms with Crippen molar-refractivity contribution >= 4 is 0 Å². The monoisotopic (exact) mass is 288 g/mol. The Morgan fingerprint density at radius 3 is 2.76 bits per heavy atom. The van der Waals surface area contributed by atoms with Gasteiger partial charge in [0.05, 0.1) is 11.7 Å². The molecule has 2 aliphatic carbocycles. The van der Waals surface area contributed by atoms with Crippen LogP contribution in [-0.2, 0) is 4.74 Å². The van der Waals surface area contributed by atoms with Crippen LogP contribution in [0, 0.1) is 11.8 Å². The average Bonchev–Trinajstić information content (AvgIpc) is 3.28. The Morgan fingerprint density at radius 1 is 1.33 bits per heavy atom. The van der Waals surface area contributed by atoms with Gasteiger partial charge in [0, 0.05) is 6.61 Å². The molecule has 0 radical (unpaired) electrons. The smallest absolute Gasteiger partial charge is 0.0945 e. The molecule has 0 heterocycles. The molecule has 2 heteroatoms. The Hall–Kier alpha value is -0.860. The zero-order valence-corrected chi connectivity index (χ0v) is 13.3. The van der Waals surface area contributed by atoms with Gasteiger partial charge in [-0.3, -0.25) is 0 Å². The SMILES string of the molecule is CCOC1(C(O)C2CC2c2ccccc2)CCCC(C)C1. The standard InChI is InChI=1S/C19H28O2/c1-3-21-19(11-7-8-14(2)13-19)18(20)17-12-16(17)15-9-5-4-6-10-15/h4-6,9-10,14,16-18,20H,3,7-8,11-13H2,1-2H3. The summed E-state index contributed by atoms with van der Waals surface area (Å²) in [5, 5.41) is 11.0. The number of rotatable bonds is 5. The molecule has 2 fully saturated rings. The lowest BCUT2D eigenvalue weighted by Crippen LogP contribution is -2.49. The zero-order chi connectivity index (χ0) is 14.9. The normalized spacial score (nSPS) is 37.2. The summed E-state index contributed by atoms with van der Waals surface area (Å²) >= 11 is 0. The molecule has 5 unspecified atom stereocenters. The predicted molar refractivity (Wildman–Crippen MR) is 85.3 cm³/mol. The van der Waals surface area contributed by atoms with Crippen molar-refractivity contribution in [3.63, 3.8) is 0 Å². The maximum atomic E-state index is 11.0. The summed E-state index contributed by atoms with van der Waals surface area (Å²) in [5.74, 6) is 1.56. The zero-order valence-electron chi connectivity index (χ0n) is 13.3. The van der Waals surface area contributed by atoms with Gasteiger partial charge in [-0.25, -0.2) is 0 Å². The Balaban J connectivity index is 1.72. The quantitative estimate of drug-likeness (QED) is 0.882. The molecule has 0 aliphatic heterocycles. The van der Waals surface area contributed by atoms with E-state index in [2.05, 4.69) is 44.2 Å². The van der Waals surface area contributed by atoms with Gasteiger partial charge in [-0.15, -0.1) is 0 Å². The van der Waals surface area contributed by atoms with E-state index in [-0.39, 0.29) is 11.7 Å². The van der Waals surface area contributed by atoms with Crippen LogP contribution in [0.5, 0.6) is 0 Å². The molecule has 116 valence electrons. The lowest BCUT2D eigenvalue weighted by atomic mass is 9.74. The predicted octanol–water partition coefficient (Wildman–Crippen LogP) is 4.14. The highest BCUT2D eigenvalue weighted by molar-refractivity contribution is 5.27. The minimum absolute atomic E-state index is 0.291. The maximum Gasteiger partial charge on any atom is 0.0945 e. The van der Waals surface area contributed by atoms with Gasteiger partial charge in [0.1, 0.15) is 0 Å². The molecule has 1 aromatic rings. The summed E-state index contributed by atoms with van der Waals surface area (Å²) in [6.45, 7) is 5.04. The molecule has 0 spiro atoms. The number of ether oxygens (including phenoxy) is 1. The summed E-state index contributed by atoms with van der Waals surface area (Å²) in [6, 6.07) is 10.6. The molecule has 2 aliphatic rings. The van der Waals surface area contributed by atoms with Gasteiger partial charge in [-0.2, -0.15) is 0 Å². The van der Waals surface area contributed by atoms with E-state index in [0.717, 1.165) is 19.3 Å². The van der Waals surface area contributed by atoms with Crippen LogP contribution in [0.2, 0.25) is 0 Å². The fraction of sp³-hybridized carbons (Fsp3) is 0.684. The minimum Gasteiger partial charge on any atom is -0.390 e. The van der Waals surface area contributed by atoms with E-state index in [9.17, 15) is 5.11 Å². The summed E-state index contributed by atoms with van der Waals surface area (Å²) < 4.78 is 6.14. The van der Waals surface area contributed by atoms with Crippen molar-refractivity contribution in [2.24, 2.45) is 11.8 Å². The number of aliphatic hydroxyl groups is 1. The van der Waals surface area contributed by atoms with Gasteiger partial charge in [-0.05, 0) is 49.5 Å². The Kier molecular flexibility index (Phi) is 4.37. The van der Waals surface area contributed by atoms with Crippen LogP contribution < -0.4 is 0 Å². The second kappa shape index (κ2) is 6.10. The van der Waals surface area contributed by atoms with Crippen molar-refractivity contribution in [3.05, 3.63) is 35.9 Å². The highest BCUT2D eigenvalue weighted by Crippen LogP contribution is 2.54. The Bertz CT molecular complexity index is 454. The first-order valence-corrected chi connectivity index (χ1v) is 8.53. The highest BCUT2D eigenvalue weighted by Gasteiger charge is 2.53. The van der Waals surface area contributed by atoms with Crippen LogP contribution in [0.1, 0.15) is 57.4 Å². The highest BCUT2D eigenvalue weighted by atomic mass is 16.5. The van der Waals surface area contributed by atoms with Crippen LogP contribution in [-0.4, -0.2) is 23.4 Å². The van der Waals surface area contributed by atoms with E-state index in [1.54, 1.807) is 0 Å². The third-order valence-electron chi connectivity index (χ3n) is 5.43. The molecule has 1 N–H and O–H groups in total. The summed E-state index contributed by atoms with van der Waals surface area (Å²) in [5.41, 5.74) is 1.08. The Labute approximate surface area is 128 Å². The molecule has 3 rings (SSSR count). The second-order valence-corrected chi connectivity index (χ2v) is 7.06. The van der Waals surface area contributed by atoms with E-state index in [4.69, 9.17) is 4.74 Å². The van der Waals surface area contributed by atoms with E-state index in [0.29, 0.717) is 24.4 Å². The van der Waals surface area contributed by atoms with Crippen molar-refractivity contribution in [2.45, 2.75) is 63.6 Å². The van der Waals surface area contributed by atoms with Gasteiger partial charge >= 0.3 is 0 Å². The molecular formula is C19H28O2. The molecule has 2 saturated carbocycles. The third kappa shape index (κ3) is 3.02. The lowest BCUT2D eigenvalue weighted by molar-refractivity contribution is -0.154. The molecular weight excluding hydrogens is 260 g/mol. The van der Waals surface area contributed by atoms with Gasteiger partial charge in [0.2, 0.25) is 0 Å². The van der Waals surface area contributed by atoms with Crippen molar-refractivity contribution < 1.29 is 9.84 Å². The number of aliphatic hydroxyl groups excluding tert-OH is 1. The molecule has 5 atom stereocenters. The van der Waals surface area contributed by atoms with E-state index >= 15 is 0 Å². The van der Waals surface area contributed by atoms with Gasteiger partial charge < -0.3 is 9.84 Å². The third-order valence-corrected chi connectivity index (χ3v) is 5.43. The van der Waals surface area contributed by atoms with Gasteiger partial charge in [-0.1, -0.05) is 50.1 Å². The molecule has 0 aromatic heterocycles. The fourth-order valence-corrected chi connectivity index (χ4v) is 4.35. The van der Waals surface area contributed by atoms with Crippen LogP contribution in [0.4, 0.5) is 0 Å². The molecule has 21 heavy (non-hydrogen) atoms. The summed E-state index contributed by atoms with van der Waals surface area (Å²) in [4.78, 5) is 0. The number of hydrogen-bond acceptors (Lipinski definition) is 2.